The lowest BCUT2D eigenvalue weighted by molar-refractivity contribution is -0.385. The molecule has 98 valence electrons. The summed E-state index contributed by atoms with van der Waals surface area (Å²) in [5.74, 6) is -1.34. The highest BCUT2D eigenvalue weighted by atomic mass is 79.9. The molecule has 8 heteroatoms. The maximum Gasteiger partial charge on any atom is 0.318 e. The summed E-state index contributed by atoms with van der Waals surface area (Å²) in [6, 6.07) is 4.36. The van der Waals surface area contributed by atoms with Crippen LogP contribution in [0.2, 0.25) is 0 Å². The normalized spacial score (nSPS) is 13.9. The van der Waals surface area contributed by atoms with Gasteiger partial charge < -0.3 is 5.11 Å². The highest BCUT2D eigenvalue weighted by Crippen LogP contribution is 2.25. The number of benzene rings is 1. The summed E-state index contributed by atoms with van der Waals surface area (Å²) >= 11 is 3.11. The Hall–Kier alpha value is -1.28. The molecule has 0 fully saturated rings. The first-order valence-electron chi connectivity index (χ1n) is 4.85. The predicted molar refractivity (Wildman–Crippen MR) is 69.7 cm³/mol. The van der Waals surface area contributed by atoms with Gasteiger partial charge in [0.2, 0.25) is 0 Å². The number of carboxylic acids is 1. The van der Waals surface area contributed by atoms with Crippen molar-refractivity contribution in [1.29, 1.82) is 0 Å². The van der Waals surface area contributed by atoms with E-state index in [0.29, 0.717) is 4.47 Å². The first-order chi connectivity index (χ1) is 8.32. The molecule has 0 spiro atoms. The average Bonchev–Trinajstić information content (AvgIpc) is 2.29. The quantitative estimate of drug-likeness (QED) is 0.656. The Kier molecular flexibility index (Phi) is 4.97. The van der Waals surface area contributed by atoms with Crippen LogP contribution in [0.5, 0.6) is 0 Å². The van der Waals surface area contributed by atoms with Gasteiger partial charge in [0.1, 0.15) is 5.25 Å². The molecule has 0 aliphatic carbocycles. The molecule has 0 aromatic heterocycles. The third-order valence-corrected chi connectivity index (χ3v) is 4.36. The summed E-state index contributed by atoms with van der Waals surface area (Å²) in [7, 11) is -1.70. The molecular weight excluding hydrogens is 326 g/mol. The number of nitro groups is 1. The van der Waals surface area contributed by atoms with Crippen LogP contribution < -0.4 is 0 Å². The molecule has 1 aromatic rings. The van der Waals surface area contributed by atoms with Crippen molar-refractivity contribution >= 4 is 38.4 Å². The van der Waals surface area contributed by atoms with Gasteiger partial charge in [0.25, 0.3) is 5.69 Å². The molecular formula is C10H10BrNO5S. The van der Waals surface area contributed by atoms with E-state index >= 15 is 0 Å². The molecule has 1 rings (SSSR count). The largest absolute Gasteiger partial charge is 0.480 e. The zero-order valence-electron chi connectivity index (χ0n) is 9.33. The number of carbonyl (C=O) groups is 1. The van der Waals surface area contributed by atoms with Gasteiger partial charge in [0, 0.05) is 26.9 Å². The number of aliphatic carboxylic acids is 1. The second-order valence-corrected chi connectivity index (χ2v) is 6.21. The zero-order valence-corrected chi connectivity index (χ0v) is 11.7. The Morgan fingerprint density at radius 1 is 1.61 bits per heavy atom. The van der Waals surface area contributed by atoms with Crippen LogP contribution in [-0.2, 0) is 21.3 Å². The third-order valence-electron chi connectivity index (χ3n) is 2.28. The Morgan fingerprint density at radius 2 is 2.22 bits per heavy atom. The molecule has 0 aliphatic heterocycles. The van der Waals surface area contributed by atoms with Crippen LogP contribution >= 0.6 is 15.9 Å². The van der Waals surface area contributed by atoms with E-state index in [1.807, 2.05) is 0 Å². The first kappa shape index (κ1) is 14.8. The second kappa shape index (κ2) is 6.05. The summed E-state index contributed by atoms with van der Waals surface area (Å²) in [5.41, 5.74) is 0.0879. The molecule has 0 radical (unpaired) electrons. The van der Waals surface area contributed by atoms with E-state index in [4.69, 9.17) is 5.11 Å². The molecule has 6 nitrogen and oxygen atoms in total. The molecule has 0 bridgehead atoms. The lowest BCUT2D eigenvalue weighted by atomic mass is 10.2. The van der Waals surface area contributed by atoms with Gasteiger partial charge in [-0.1, -0.05) is 22.0 Å². The van der Waals surface area contributed by atoms with Crippen LogP contribution in [0, 0.1) is 10.1 Å². The Labute approximate surface area is 114 Å². The number of nitrogens with zero attached hydrogens (tertiary/aromatic N) is 1. The van der Waals surface area contributed by atoms with Crippen molar-refractivity contribution in [1.82, 2.24) is 0 Å². The summed E-state index contributed by atoms with van der Waals surface area (Å²) in [6.07, 6.45) is 0. The minimum atomic E-state index is -1.70. The summed E-state index contributed by atoms with van der Waals surface area (Å²) in [4.78, 5) is 20.9. The van der Waals surface area contributed by atoms with Crippen molar-refractivity contribution in [2.45, 2.75) is 17.9 Å². The van der Waals surface area contributed by atoms with E-state index in [-0.39, 0.29) is 17.0 Å². The van der Waals surface area contributed by atoms with Gasteiger partial charge >= 0.3 is 5.97 Å². The highest BCUT2D eigenvalue weighted by Gasteiger charge is 2.23. The van der Waals surface area contributed by atoms with Crippen molar-refractivity contribution in [2.75, 3.05) is 0 Å². The van der Waals surface area contributed by atoms with Gasteiger partial charge in [0.15, 0.2) is 0 Å². The minimum absolute atomic E-state index is 0.156. The minimum Gasteiger partial charge on any atom is -0.480 e. The van der Waals surface area contributed by atoms with Crippen molar-refractivity contribution in [3.63, 3.8) is 0 Å². The summed E-state index contributed by atoms with van der Waals surface area (Å²) in [5, 5.41) is 18.5. The van der Waals surface area contributed by atoms with Gasteiger partial charge in [-0.3, -0.25) is 19.1 Å². The monoisotopic (exact) mass is 335 g/mol. The fraction of sp³-hybridized carbons (Fsp3) is 0.300. The lowest BCUT2D eigenvalue weighted by Crippen LogP contribution is -2.23. The molecule has 0 aliphatic rings. The van der Waals surface area contributed by atoms with E-state index < -0.39 is 26.9 Å². The van der Waals surface area contributed by atoms with Gasteiger partial charge in [-0.2, -0.15) is 0 Å². The number of halogens is 1. The molecule has 0 heterocycles. The molecule has 18 heavy (non-hydrogen) atoms. The van der Waals surface area contributed by atoms with E-state index in [1.165, 1.54) is 19.1 Å². The van der Waals surface area contributed by atoms with Crippen molar-refractivity contribution < 1.29 is 19.0 Å². The molecule has 0 saturated heterocycles. The van der Waals surface area contributed by atoms with E-state index in [9.17, 15) is 19.1 Å². The van der Waals surface area contributed by atoms with Gasteiger partial charge in [-0.25, -0.2) is 0 Å². The number of hydrogen-bond acceptors (Lipinski definition) is 4. The fourth-order valence-electron chi connectivity index (χ4n) is 1.22. The molecule has 1 aromatic carbocycles. The third kappa shape index (κ3) is 3.61. The second-order valence-electron chi connectivity index (χ2n) is 3.54. The van der Waals surface area contributed by atoms with Crippen molar-refractivity contribution in [2.24, 2.45) is 0 Å². The highest BCUT2D eigenvalue weighted by molar-refractivity contribution is 9.10. The number of hydrogen-bond donors (Lipinski definition) is 1. The van der Waals surface area contributed by atoms with Crippen molar-refractivity contribution in [3.8, 4) is 0 Å². The van der Waals surface area contributed by atoms with Crippen molar-refractivity contribution in [3.05, 3.63) is 38.3 Å². The molecule has 2 atom stereocenters. The topological polar surface area (TPSA) is 97.5 Å². The van der Waals surface area contributed by atoms with E-state index in [2.05, 4.69) is 15.9 Å². The Balaban J connectivity index is 3.01. The van der Waals surface area contributed by atoms with Crippen LogP contribution in [0.4, 0.5) is 5.69 Å². The Morgan fingerprint density at radius 3 is 2.72 bits per heavy atom. The molecule has 2 unspecified atom stereocenters. The standard InChI is InChI=1S/C10H10BrNO5S/c1-6(10(13)14)18(17)5-7-2-3-8(11)4-9(7)12(15)16/h2-4,6H,5H2,1H3,(H,13,14). The first-order valence-corrected chi connectivity index (χ1v) is 7.03. The number of carboxylic acid groups (broad SMARTS) is 1. The summed E-state index contributed by atoms with van der Waals surface area (Å²) < 4.78 is 12.2. The predicted octanol–water partition coefficient (Wildman–Crippen LogP) is 2.08. The van der Waals surface area contributed by atoms with Crippen LogP contribution in [0.3, 0.4) is 0 Å². The molecule has 0 amide bonds. The van der Waals surface area contributed by atoms with Crippen LogP contribution in [0.1, 0.15) is 12.5 Å². The van der Waals surface area contributed by atoms with Crippen LogP contribution in [-0.4, -0.2) is 25.5 Å². The lowest BCUT2D eigenvalue weighted by Gasteiger charge is -2.07. The average molecular weight is 336 g/mol. The number of rotatable bonds is 5. The number of nitro benzene ring substituents is 1. The summed E-state index contributed by atoms with van der Waals surface area (Å²) in [6.45, 7) is 1.31. The molecule has 0 saturated carbocycles. The fourth-order valence-corrected chi connectivity index (χ4v) is 2.59. The van der Waals surface area contributed by atoms with Gasteiger partial charge in [-0.15, -0.1) is 0 Å². The van der Waals surface area contributed by atoms with E-state index in [0.717, 1.165) is 0 Å². The van der Waals surface area contributed by atoms with Crippen LogP contribution in [0.15, 0.2) is 22.7 Å². The van der Waals surface area contributed by atoms with Crippen LogP contribution in [0.25, 0.3) is 0 Å². The SMILES string of the molecule is CC(C(=O)O)S(=O)Cc1ccc(Br)cc1[N+](=O)[O-]. The smallest absolute Gasteiger partial charge is 0.318 e. The molecule has 1 N–H and O–H groups in total. The van der Waals surface area contributed by atoms with Gasteiger partial charge in [-0.05, 0) is 13.0 Å². The maximum atomic E-state index is 11.7. The van der Waals surface area contributed by atoms with E-state index in [1.54, 1.807) is 6.07 Å². The Bertz CT molecular complexity index is 519. The maximum absolute atomic E-state index is 11.7. The zero-order chi connectivity index (χ0) is 13.9. The van der Waals surface area contributed by atoms with Gasteiger partial charge in [0.05, 0.1) is 10.7 Å².